The number of hydrogen-bond acceptors (Lipinski definition) is 5. The summed E-state index contributed by atoms with van der Waals surface area (Å²) in [5.41, 5.74) is -0.458. The minimum Gasteiger partial charge on any atom is -0.450 e. The first-order valence-electron chi connectivity index (χ1n) is 11.1. The number of amides is 2. The fourth-order valence-corrected chi connectivity index (χ4v) is 3.70. The highest BCUT2D eigenvalue weighted by atomic mass is 127. The van der Waals surface area contributed by atoms with Crippen LogP contribution < -0.4 is 10.6 Å². The second-order valence-electron chi connectivity index (χ2n) is 8.97. The quantitative estimate of drug-likeness (QED) is 0.316. The van der Waals surface area contributed by atoms with E-state index in [1.165, 1.54) is 0 Å². The van der Waals surface area contributed by atoms with Crippen molar-refractivity contribution in [3.8, 4) is 0 Å². The van der Waals surface area contributed by atoms with Crippen molar-refractivity contribution in [1.29, 1.82) is 0 Å². The van der Waals surface area contributed by atoms with Gasteiger partial charge in [-0.05, 0) is 59.3 Å². The van der Waals surface area contributed by atoms with Crippen LogP contribution in [0.2, 0.25) is 0 Å². The number of piperidine rings is 2. The second kappa shape index (κ2) is 13.2. The van der Waals surface area contributed by atoms with Gasteiger partial charge in [-0.25, -0.2) is 9.59 Å². The number of hydrogen-bond donors (Lipinski definition) is 2. The lowest BCUT2D eigenvalue weighted by atomic mass is 9.97. The van der Waals surface area contributed by atoms with Crippen molar-refractivity contribution in [2.45, 2.75) is 65.0 Å². The topological polar surface area (TPSA) is 95.5 Å². The number of nitrogens with one attached hydrogen (secondary N) is 2. The molecule has 2 rings (SSSR count). The zero-order valence-electron chi connectivity index (χ0n) is 19.6. The average molecular weight is 553 g/mol. The summed E-state index contributed by atoms with van der Waals surface area (Å²) in [6.45, 7) is 11.5. The van der Waals surface area contributed by atoms with Gasteiger partial charge in [-0.15, -0.1) is 24.0 Å². The van der Waals surface area contributed by atoms with Crippen LogP contribution in [0.5, 0.6) is 0 Å². The summed E-state index contributed by atoms with van der Waals surface area (Å²) in [6.07, 6.45) is 3.18. The van der Waals surface area contributed by atoms with Gasteiger partial charge in [0.15, 0.2) is 5.96 Å². The first-order valence-corrected chi connectivity index (χ1v) is 11.1. The van der Waals surface area contributed by atoms with E-state index >= 15 is 0 Å². The smallest absolute Gasteiger partial charge is 0.410 e. The predicted molar refractivity (Wildman–Crippen MR) is 132 cm³/mol. The standard InChI is InChI=1S/C21H39N5O4.HI/c1-6-29-19(27)25-13-9-17(10-14-25)24-18(22-5)23-15-16-7-11-26(12-8-16)20(28)30-21(2,3)4;/h16-17H,6-15H2,1-5H3,(H2,22,23,24);1H. The van der Waals surface area contributed by atoms with Crippen LogP contribution in [0.25, 0.3) is 0 Å². The third-order valence-corrected chi connectivity index (χ3v) is 5.41. The molecule has 31 heavy (non-hydrogen) atoms. The summed E-state index contributed by atoms with van der Waals surface area (Å²) in [5, 5.41) is 6.89. The molecule has 2 aliphatic rings. The molecule has 10 heteroatoms. The van der Waals surface area contributed by atoms with Crippen LogP contribution in [-0.4, -0.2) is 86.0 Å². The maximum atomic E-state index is 12.2. The van der Waals surface area contributed by atoms with Crippen LogP contribution in [0, 0.1) is 5.92 Å². The van der Waals surface area contributed by atoms with Crippen LogP contribution in [0.15, 0.2) is 4.99 Å². The summed E-state index contributed by atoms with van der Waals surface area (Å²) in [5.74, 6) is 1.28. The molecular weight excluding hydrogens is 513 g/mol. The molecule has 2 heterocycles. The molecule has 0 aliphatic carbocycles. The Morgan fingerprint density at radius 2 is 1.55 bits per heavy atom. The van der Waals surface area contributed by atoms with Gasteiger partial charge >= 0.3 is 12.2 Å². The lowest BCUT2D eigenvalue weighted by Gasteiger charge is -2.34. The monoisotopic (exact) mass is 553 g/mol. The van der Waals surface area contributed by atoms with Gasteiger partial charge in [0.1, 0.15) is 5.60 Å². The van der Waals surface area contributed by atoms with Crippen LogP contribution in [0.3, 0.4) is 0 Å². The number of halogens is 1. The Balaban J connectivity index is 0.00000480. The van der Waals surface area contributed by atoms with E-state index in [9.17, 15) is 9.59 Å². The largest absolute Gasteiger partial charge is 0.450 e. The van der Waals surface area contributed by atoms with Crippen molar-refractivity contribution in [1.82, 2.24) is 20.4 Å². The van der Waals surface area contributed by atoms with Crippen LogP contribution in [0.4, 0.5) is 9.59 Å². The number of ether oxygens (including phenoxy) is 2. The lowest BCUT2D eigenvalue weighted by Crippen LogP contribution is -2.51. The van der Waals surface area contributed by atoms with Crippen LogP contribution in [0.1, 0.15) is 53.4 Å². The fraction of sp³-hybridized carbons (Fsp3) is 0.857. The molecular formula is C21H40IN5O4. The Morgan fingerprint density at radius 3 is 2.06 bits per heavy atom. The normalized spacial score (nSPS) is 18.8. The first-order chi connectivity index (χ1) is 14.2. The maximum Gasteiger partial charge on any atom is 0.410 e. The Kier molecular flexibility index (Phi) is 11.7. The predicted octanol–water partition coefficient (Wildman–Crippen LogP) is 3.04. The molecule has 0 radical (unpaired) electrons. The van der Waals surface area contributed by atoms with E-state index < -0.39 is 5.60 Å². The van der Waals surface area contributed by atoms with Crippen molar-refractivity contribution in [2.24, 2.45) is 10.9 Å². The van der Waals surface area contributed by atoms with Crippen molar-refractivity contribution in [2.75, 3.05) is 46.4 Å². The molecule has 2 aliphatic heterocycles. The van der Waals surface area contributed by atoms with E-state index in [1.807, 2.05) is 27.7 Å². The van der Waals surface area contributed by atoms with Gasteiger partial charge in [-0.2, -0.15) is 0 Å². The van der Waals surface area contributed by atoms with Crippen molar-refractivity contribution < 1.29 is 19.1 Å². The number of carbonyl (C=O) groups excluding carboxylic acids is 2. The third-order valence-electron chi connectivity index (χ3n) is 5.41. The van der Waals surface area contributed by atoms with Gasteiger partial charge in [-0.1, -0.05) is 0 Å². The minimum atomic E-state index is -0.458. The number of rotatable bonds is 4. The highest BCUT2D eigenvalue weighted by molar-refractivity contribution is 14.0. The van der Waals surface area contributed by atoms with E-state index in [1.54, 1.807) is 16.8 Å². The summed E-state index contributed by atoms with van der Waals surface area (Å²) < 4.78 is 10.5. The SMILES string of the molecule is CCOC(=O)N1CCC(NC(=NC)NCC2CCN(C(=O)OC(C)(C)C)CC2)CC1.I. The van der Waals surface area contributed by atoms with Gasteiger partial charge in [0.2, 0.25) is 0 Å². The molecule has 2 N–H and O–H groups in total. The van der Waals surface area contributed by atoms with Crippen molar-refractivity contribution in [3.63, 3.8) is 0 Å². The van der Waals surface area contributed by atoms with Crippen molar-refractivity contribution >= 4 is 42.1 Å². The fourth-order valence-electron chi connectivity index (χ4n) is 3.70. The minimum absolute atomic E-state index is 0. The molecule has 0 saturated carbocycles. The summed E-state index contributed by atoms with van der Waals surface area (Å²) >= 11 is 0. The van der Waals surface area contributed by atoms with E-state index in [-0.39, 0.29) is 42.2 Å². The maximum absolute atomic E-state index is 12.2. The molecule has 2 amide bonds. The lowest BCUT2D eigenvalue weighted by molar-refractivity contribution is 0.0185. The second-order valence-corrected chi connectivity index (χ2v) is 8.97. The van der Waals surface area contributed by atoms with Crippen molar-refractivity contribution in [3.05, 3.63) is 0 Å². The zero-order valence-corrected chi connectivity index (χ0v) is 21.9. The van der Waals surface area contributed by atoms with Gasteiger partial charge < -0.3 is 29.9 Å². The van der Waals surface area contributed by atoms with E-state index in [2.05, 4.69) is 15.6 Å². The van der Waals surface area contributed by atoms with E-state index in [0.717, 1.165) is 51.3 Å². The highest BCUT2D eigenvalue weighted by Gasteiger charge is 2.27. The Labute approximate surface area is 203 Å². The van der Waals surface area contributed by atoms with Gasteiger partial charge in [0, 0.05) is 45.8 Å². The Hall–Kier alpha value is -1.46. The Bertz CT molecular complexity index is 595. The number of guanidine groups is 1. The molecule has 0 atom stereocenters. The van der Waals surface area contributed by atoms with E-state index in [0.29, 0.717) is 25.6 Å². The summed E-state index contributed by atoms with van der Waals surface area (Å²) in [7, 11) is 1.77. The molecule has 0 aromatic heterocycles. The molecule has 0 aromatic carbocycles. The number of likely N-dealkylation sites (tertiary alicyclic amines) is 2. The summed E-state index contributed by atoms with van der Waals surface area (Å²) in [6, 6.07) is 0.288. The van der Waals surface area contributed by atoms with E-state index in [4.69, 9.17) is 9.47 Å². The first kappa shape index (κ1) is 27.6. The molecule has 0 spiro atoms. The average Bonchev–Trinajstić information content (AvgIpc) is 2.71. The molecule has 0 bridgehead atoms. The van der Waals surface area contributed by atoms with Gasteiger partial charge in [-0.3, -0.25) is 4.99 Å². The molecule has 2 fully saturated rings. The highest BCUT2D eigenvalue weighted by Crippen LogP contribution is 2.19. The van der Waals surface area contributed by atoms with Gasteiger partial charge in [0.05, 0.1) is 6.61 Å². The third kappa shape index (κ3) is 9.69. The number of carbonyl (C=O) groups is 2. The number of aliphatic imine (C=N–C) groups is 1. The molecule has 0 unspecified atom stereocenters. The Morgan fingerprint density at radius 1 is 1.00 bits per heavy atom. The molecule has 180 valence electrons. The molecule has 2 saturated heterocycles. The molecule has 0 aromatic rings. The zero-order chi connectivity index (χ0) is 22.1. The molecule has 9 nitrogen and oxygen atoms in total. The van der Waals surface area contributed by atoms with Gasteiger partial charge in [0.25, 0.3) is 0 Å². The summed E-state index contributed by atoms with van der Waals surface area (Å²) in [4.78, 5) is 31.9. The van der Waals surface area contributed by atoms with Crippen LogP contribution in [-0.2, 0) is 9.47 Å². The van der Waals surface area contributed by atoms with Crippen LogP contribution >= 0.6 is 24.0 Å². The number of nitrogens with zero attached hydrogens (tertiary/aromatic N) is 3.